The van der Waals surface area contributed by atoms with Crippen LogP contribution in [0.25, 0.3) is 10.8 Å². The molecule has 0 spiro atoms. The number of rotatable bonds is 5. The van der Waals surface area contributed by atoms with Gasteiger partial charge in [0.25, 0.3) is 0 Å². The van der Waals surface area contributed by atoms with Gasteiger partial charge in [-0.15, -0.1) is 11.8 Å². The molecule has 1 amide bonds. The molecule has 0 heterocycles. The zero-order chi connectivity index (χ0) is 17.8. The molecule has 0 radical (unpaired) electrons. The van der Waals surface area contributed by atoms with E-state index in [0.717, 1.165) is 10.5 Å². The largest absolute Gasteiger partial charge is 0.349 e. The van der Waals surface area contributed by atoms with Crippen LogP contribution in [0.2, 0.25) is 0 Å². The van der Waals surface area contributed by atoms with Crippen molar-refractivity contribution in [2.45, 2.75) is 30.0 Å². The van der Waals surface area contributed by atoms with Gasteiger partial charge in [-0.3, -0.25) is 4.79 Å². The van der Waals surface area contributed by atoms with Crippen LogP contribution in [0.4, 0.5) is 4.39 Å². The van der Waals surface area contributed by atoms with Gasteiger partial charge in [-0.1, -0.05) is 42.5 Å². The van der Waals surface area contributed by atoms with Gasteiger partial charge in [0.05, 0.1) is 11.3 Å². The number of fused-ring (bicyclic) bond motifs is 1. The molecule has 128 valence electrons. The van der Waals surface area contributed by atoms with Gasteiger partial charge in [-0.25, -0.2) is 4.39 Å². The van der Waals surface area contributed by atoms with Crippen LogP contribution < -0.4 is 5.32 Å². The Kier molecular flexibility index (Phi) is 5.39. The van der Waals surface area contributed by atoms with Gasteiger partial charge in [-0.05, 0) is 54.4 Å². The van der Waals surface area contributed by atoms with Crippen LogP contribution in [0.5, 0.6) is 0 Å². The second-order valence-electron chi connectivity index (χ2n) is 6.05. The van der Waals surface area contributed by atoms with Gasteiger partial charge in [-0.2, -0.15) is 0 Å². The molecule has 25 heavy (non-hydrogen) atoms. The van der Waals surface area contributed by atoms with Gasteiger partial charge in [0.1, 0.15) is 5.82 Å². The molecular weight excluding hydrogens is 333 g/mol. The minimum Gasteiger partial charge on any atom is -0.349 e. The van der Waals surface area contributed by atoms with Gasteiger partial charge >= 0.3 is 0 Å². The quantitative estimate of drug-likeness (QED) is 0.628. The normalized spacial score (nSPS) is 13.4. The highest BCUT2D eigenvalue weighted by molar-refractivity contribution is 8.00. The maximum atomic E-state index is 13.0. The summed E-state index contributed by atoms with van der Waals surface area (Å²) in [5.74, 6) is -0.308. The van der Waals surface area contributed by atoms with Crippen LogP contribution in [-0.2, 0) is 4.79 Å². The van der Waals surface area contributed by atoms with Gasteiger partial charge < -0.3 is 5.32 Å². The topological polar surface area (TPSA) is 29.1 Å². The zero-order valence-electron chi connectivity index (χ0n) is 14.2. The van der Waals surface area contributed by atoms with Crippen molar-refractivity contribution >= 4 is 28.4 Å². The second kappa shape index (κ2) is 7.70. The first-order valence-electron chi connectivity index (χ1n) is 8.24. The van der Waals surface area contributed by atoms with E-state index >= 15 is 0 Å². The molecule has 0 unspecified atom stereocenters. The Morgan fingerprint density at radius 1 is 0.960 bits per heavy atom. The van der Waals surface area contributed by atoms with Crippen LogP contribution in [0.15, 0.2) is 71.6 Å². The van der Waals surface area contributed by atoms with E-state index in [-0.39, 0.29) is 23.0 Å². The first kappa shape index (κ1) is 17.5. The van der Waals surface area contributed by atoms with Gasteiger partial charge in [0, 0.05) is 4.90 Å². The van der Waals surface area contributed by atoms with Crippen molar-refractivity contribution in [3.05, 3.63) is 78.1 Å². The lowest BCUT2D eigenvalue weighted by Crippen LogP contribution is -2.33. The molecule has 3 rings (SSSR count). The van der Waals surface area contributed by atoms with E-state index in [1.807, 2.05) is 32.0 Å². The van der Waals surface area contributed by atoms with E-state index in [4.69, 9.17) is 0 Å². The molecule has 0 fully saturated rings. The van der Waals surface area contributed by atoms with Crippen molar-refractivity contribution in [2.75, 3.05) is 0 Å². The fourth-order valence-electron chi connectivity index (χ4n) is 2.66. The minimum absolute atomic E-state index is 0.0324. The molecule has 4 heteroatoms. The van der Waals surface area contributed by atoms with E-state index in [2.05, 4.69) is 29.6 Å². The number of nitrogens with one attached hydrogen (secondary N) is 1. The highest BCUT2D eigenvalue weighted by Crippen LogP contribution is 2.27. The lowest BCUT2D eigenvalue weighted by molar-refractivity contribution is -0.120. The van der Waals surface area contributed by atoms with E-state index in [0.29, 0.717) is 0 Å². The Labute approximate surface area is 151 Å². The molecule has 0 aliphatic carbocycles. The molecular formula is C21H20FNOS. The maximum absolute atomic E-state index is 13.0. The summed E-state index contributed by atoms with van der Waals surface area (Å²) < 4.78 is 13.0. The highest BCUT2D eigenvalue weighted by atomic mass is 32.2. The van der Waals surface area contributed by atoms with Crippen molar-refractivity contribution in [1.82, 2.24) is 5.32 Å². The van der Waals surface area contributed by atoms with Crippen molar-refractivity contribution in [3.63, 3.8) is 0 Å². The Bertz CT molecular complexity index is 878. The van der Waals surface area contributed by atoms with Crippen LogP contribution in [0.3, 0.4) is 0 Å². The fourth-order valence-corrected chi connectivity index (χ4v) is 3.59. The highest BCUT2D eigenvalue weighted by Gasteiger charge is 2.17. The van der Waals surface area contributed by atoms with Crippen molar-refractivity contribution in [3.8, 4) is 0 Å². The molecule has 2 nitrogen and oxygen atoms in total. The standard InChI is InChI=1S/C21H20FNOS/c1-14(16-7-10-19(22)11-8-16)23-21(24)15(2)25-20-12-9-17-5-3-4-6-18(17)13-20/h3-15H,1-2H3,(H,23,24)/t14-,15+/m1/s1. The molecule has 0 aromatic heterocycles. The number of carbonyl (C=O) groups excluding carboxylic acids is 1. The summed E-state index contributed by atoms with van der Waals surface area (Å²) in [7, 11) is 0. The fraction of sp³-hybridized carbons (Fsp3) is 0.190. The lowest BCUT2D eigenvalue weighted by Gasteiger charge is -2.18. The van der Waals surface area contributed by atoms with Crippen molar-refractivity contribution < 1.29 is 9.18 Å². The molecule has 2 atom stereocenters. The van der Waals surface area contributed by atoms with E-state index in [9.17, 15) is 9.18 Å². The van der Waals surface area contributed by atoms with Crippen LogP contribution in [0.1, 0.15) is 25.5 Å². The molecule has 3 aromatic carbocycles. The monoisotopic (exact) mass is 353 g/mol. The van der Waals surface area contributed by atoms with Crippen molar-refractivity contribution in [2.24, 2.45) is 0 Å². The van der Waals surface area contributed by atoms with Crippen LogP contribution in [0, 0.1) is 5.82 Å². The summed E-state index contributed by atoms with van der Waals surface area (Å²) in [6.07, 6.45) is 0. The Balaban J connectivity index is 1.64. The van der Waals surface area contributed by atoms with Gasteiger partial charge in [0.15, 0.2) is 0 Å². The SMILES string of the molecule is C[C@H](Sc1ccc2ccccc2c1)C(=O)N[C@H](C)c1ccc(F)cc1. The van der Waals surface area contributed by atoms with E-state index in [1.54, 1.807) is 12.1 Å². The maximum Gasteiger partial charge on any atom is 0.233 e. The summed E-state index contributed by atoms with van der Waals surface area (Å²) in [5.41, 5.74) is 0.887. The summed E-state index contributed by atoms with van der Waals surface area (Å²) in [5, 5.41) is 5.13. The number of carbonyl (C=O) groups is 1. The summed E-state index contributed by atoms with van der Waals surface area (Å²) in [6.45, 7) is 3.80. The van der Waals surface area contributed by atoms with Crippen molar-refractivity contribution in [1.29, 1.82) is 0 Å². The number of amides is 1. The van der Waals surface area contributed by atoms with Gasteiger partial charge in [0.2, 0.25) is 5.91 Å². The second-order valence-corrected chi connectivity index (χ2v) is 7.47. The summed E-state index contributed by atoms with van der Waals surface area (Å²) >= 11 is 1.53. The predicted octanol–water partition coefficient (Wildman–Crippen LogP) is 5.34. The summed E-state index contributed by atoms with van der Waals surface area (Å²) in [4.78, 5) is 13.5. The smallest absolute Gasteiger partial charge is 0.233 e. The van der Waals surface area contributed by atoms with Crippen LogP contribution in [-0.4, -0.2) is 11.2 Å². The average Bonchev–Trinajstić information content (AvgIpc) is 2.62. The lowest BCUT2D eigenvalue weighted by atomic mass is 10.1. The number of halogens is 1. The molecule has 0 bridgehead atoms. The third kappa shape index (κ3) is 4.40. The minimum atomic E-state index is -0.275. The van der Waals surface area contributed by atoms with E-state index < -0.39 is 0 Å². The Hall–Kier alpha value is -2.33. The Morgan fingerprint density at radius 3 is 2.36 bits per heavy atom. The molecule has 0 saturated carbocycles. The molecule has 1 N–H and O–H groups in total. The Morgan fingerprint density at radius 2 is 1.64 bits per heavy atom. The number of hydrogen-bond donors (Lipinski definition) is 1. The molecule has 0 aliphatic heterocycles. The number of hydrogen-bond acceptors (Lipinski definition) is 2. The summed E-state index contributed by atoms with van der Waals surface area (Å²) in [6, 6.07) is 20.4. The molecule has 3 aromatic rings. The number of benzene rings is 3. The van der Waals surface area contributed by atoms with Crippen LogP contribution >= 0.6 is 11.8 Å². The average molecular weight is 353 g/mol. The molecule has 0 aliphatic rings. The first-order chi connectivity index (χ1) is 12.0. The zero-order valence-corrected chi connectivity index (χ0v) is 15.0. The number of thioether (sulfide) groups is 1. The third-order valence-corrected chi connectivity index (χ3v) is 5.23. The van der Waals surface area contributed by atoms with E-state index in [1.165, 1.54) is 34.7 Å². The molecule has 0 saturated heterocycles. The first-order valence-corrected chi connectivity index (χ1v) is 9.12. The predicted molar refractivity (Wildman–Crippen MR) is 102 cm³/mol. The third-order valence-electron chi connectivity index (χ3n) is 4.13.